The van der Waals surface area contributed by atoms with Gasteiger partial charge in [-0.1, -0.05) is 12.1 Å². The molecule has 1 aromatic carbocycles. The Kier molecular flexibility index (Phi) is 5.65. The minimum atomic E-state index is 0.376. The molecule has 3 rings (SSSR count). The van der Waals surface area contributed by atoms with E-state index in [2.05, 4.69) is 44.3 Å². The van der Waals surface area contributed by atoms with Crippen LogP contribution in [0.4, 0.5) is 5.13 Å². The number of ether oxygens (including phenoxy) is 2. The number of hydrogen-bond acceptors (Lipinski definition) is 7. The smallest absolute Gasteiger partial charge is 0.205 e. The van der Waals surface area contributed by atoms with Crippen molar-refractivity contribution >= 4 is 16.7 Å². The molecule has 0 saturated carbocycles. The molecule has 24 heavy (non-hydrogen) atoms. The van der Waals surface area contributed by atoms with Crippen LogP contribution >= 0.6 is 11.5 Å². The molecular formula is C17H24N4O2S. The predicted octanol–water partition coefficient (Wildman–Crippen LogP) is 2.58. The lowest BCUT2D eigenvalue weighted by Crippen LogP contribution is -2.47. The molecule has 1 aromatic heterocycles. The molecule has 0 spiro atoms. The fourth-order valence-electron chi connectivity index (χ4n) is 2.97. The molecule has 2 aromatic rings. The van der Waals surface area contributed by atoms with Gasteiger partial charge in [-0.15, -0.1) is 0 Å². The summed E-state index contributed by atoms with van der Waals surface area (Å²) in [6.45, 7) is 6.69. The lowest BCUT2D eigenvalue weighted by atomic mass is 10.1. The van der Waals surface area contributed by atoms with Crippen molar-refractivity contribution in [3.63, 3.8) is 0 Å². The summed E-state index contributed by atoms with van der Waals surface area (Å²) in [6, 6.07) is 8.71. The van der Waals surface area contributed by atoms with E-state index in [1.807, 2.05) is 6.07 Å². The first kappa shape index (κ1) is 17.1. The molecular weight excluding hydrogens is 324 g/mol. The number of piperazine rings is 1. The number of aromatic nitrogens is 2. The summed E-state index contributed by atoms with van der Waals surface area (Å²) < 4.78 is 14.8. The van der Waals surface area contributed by atoms with E-state index < -0.39 is 0 Å². The number of rotatable bonds is 6. The Morgan fingerprint density at radius 3 is 2.71 bits per heavy atom. The van der Waals surface area contributed by atoms with E-state index in [4.69, 9.17) is 9.47 Å². The Morgan fingerprint density at radius 1 is 1.21 bits per heavy atom. The number of hydrogen-bond donors (Lipinski definition) is 0. The number of methoxy groups -OCH3 is 2. The van der Waals surface area contributed by atoms with Gasteiger partial charge in [0.15, 0.2) is 5.82 Å². The minimum Gasteiger partial charge on any atom is -0.497 e. The van der Waals surface area contributed by atoms with Gasteiger partial charge < -0.3 is 14.4 Å². The van der Waals surface area contributed by atoms with E-state index in [1.165, 1.54) is 17.1 Å². The van der Waals surface area contributed by atoms with E-state index in [0.717, 1.165) is 42.9 Å². The first-order valence-corrected chi connectivity index (χ1v) is 8.93. The summed E-state index contributed by atoms with van der Waals surface area (Å²) in [6.07, 6.45) is 0. The fraction of sp³-hybridized carbons (Fsp3) is 0.529. The monoisotopic (exact) mass is 348 g/mol. The molecule has 0 aliphatic carbocycles. The summed E-state index contributed by atoms with van der Waals surface area (Å²) in [5.41, 5.74) is 1.29. The van der Waals surface area contributed by atoms with Crippen LogP contribution in [0.5, 0.6) is 5.75 Å². The lowest BCUT2D eigenvalue weighted by Gasteiger charge is -2.38. The van der Waals surface area contributed by atoms with Gasteiger partial charge in [0.05, 0.1) is 7.11 Å². The Morgan fingerprint density at radius 2 is 2.00 bits per heavy atom. The van der Waals surface area contributed by atoms with Crippen LogP contribution in [0.25, 0.3) is 0 Å². The van der Waals surface area contributed by atoms with E-state index >= 15 is 0 Å². The molecule has 0 amide bonds. The van der Waals surface area contributed by atoms with Crippen LogP contribution in [-0.4, -0.2) is 54.7 Å². The predicted molar refractivity (Wildman–Crippen MR) is 95.8 cm³/mol. The van der Waals surface area contributed by atoms with Crippen molar-refractivity contribution in [3.8, 4) is 5.75 Å². The van der Waals surface area contributed by atoms with Gasteiger partial charge in [0.25, 0.3) is 0 Å². The first-order valence-electron chi connectivity index (χ1n) is 8.15. The molecule has 1 saturated heterocycles. The normalized spacial score (nSPS) is 17.0. The SMILES string of the molecule is COCc1nsc(N2CCN(C(C)c3cccc(OC)c3)CC2)n1. The van der Waals surface area contributed by atoms with Gasteiger partial charge >= 0.3 is 0 Å². The van der Waals surface area contributed by atoms with E-state index in [-0.39, 0.29) is 0 Å². The topological polar surface area (TPSA) is 50.7 Å². The zero-order valence-corrected chi connectivity index (χ0v) is 15.3. The zero-order valence-electron chi connectivity index (χ0n) is 14.4. The molecule has 7 heteroatoms. The molecule has 2 heterocycles. The van der Waals surface area contributed by atoms with Gasteiger partial charge in [-0.25, -0.2) is 4.98 Å². The molecule has 6 nitrogen and oxygen atoms in total. The average Bonchev–Trinajstić information content (AvgIpc) is 3.10. The second-order valence-electron chi connectivity index (χ2n) is 5.90. The average molecular weight is 348 g/mol. The highest BCUT2D eigenvalue weighted by molar-refractivity contribution is 7.09. The van der Waals surface area contributed by atoms with Crippen LogP contribution in [-0.2, 0) is 11.3 Å². The molecule has 0 bridgehead atoms. The van der Waals surface area contributed by atoms with Crippen LogP contribution in [0.1, 0.15) is 24.4 Å². The third kappa shape index (κ3) is 3.85. The number of anilines is 1. The maximum absolute atomic E-state index is 5.34. The second kappa shape index (κ2) is 7.92. The maximum Gasteiger partial charge on any atom is 0.205 e. The molecule has 1 atom stereocenters. The largest absolute Gasteiger partial charge is 0.497 e. The fourth-order valence-corrected chi connectivity index (χ4v) is 3.70. The molecule has 1 aliphatic rings. The van der Waals surface area contributed by atoms with Crippen LogP contribution in [0.3, 0.4) is 0 Å². The molecule has 1 unspecified atom stereocenters. The summed E-state index contributed by atoms with van der Waals surface area (Å²) >= 11 is 1.46. The third-order valence-corrected chi connectivity index (χ3v) is 5.25. The Bertz CT molecular complexity index is 656. The van der Waals surface area contributed by atoms with E-state index in [1.54, 1.807) is 14.2 Å². The molecule has 1 aliphatic heterocycles. The van der Waals surface area contributed by atoms with Crippen LogP contribution in [0, 0.1) is 0 Å². The zero-order chi connectivity index (χ0) is 16.9. The van der Waals surface area contributed by atoms with Crippen LogP contribution in [0.2, 0.25) is 0 Å². The second-order valence-corrected chi connectivity index (χ2v) is 6.63. The Balaban J connectivity index is 1.59. The first-order chi connectivity index (χ1) is 11.7. The van der Waals surface area contributed by atoms with Crippen molar-refractivity contribution in [1.82, 2.24) is 14.3 Å². The van der Waals surface area contributed by atoms with Gasteiger partial charge in [0.1, 0.15) is 12.4 Å². The van der Waals surface area contributed by atoms with Gasteiger partial charge in [0.2, 0.25) is 5.13 Å². The van der Waals surface area contributed by atoms with Gasteiger partial charge in [-0.05, 0) is 24.6 Å². The Hall–Kier alpha value is -1.70. The van der Waals surface area contributed by atoms with E-state index in [0.29, 0.717) is 12.6 Å². The summed E-state index contributed by atoms with van der Waals surface area (Å²) in [7, 11) is 3.38. The maximum atomic E-state index is 5.34. The molecule has 0 radical (unpaired) electrons. The van der Waals surface area contributed by atoms with Crippen molar-refractivity contribution in [2.75, 3.05) is 45.3 Å². The summed E-state index contributed by atoms with van der Waals surface area (Å²) in [5.74, 6) is 1.68. The van der Waals surface area contributed by atoms with Crippen LogP contribution in [0.15, 0.2) is 24.3 Å². The third-order valence-electron chi connectivity index (χ3n) is 4.44. The van der Waals surface area contributed by atoms with Gasteiger partial charge in [-0.3, -0.25) is 4.90 Å². The lowest BCUT2D eigenvalue weighted by molar-refractivity contribution is 0.178. The van der Waals surface area contributed by atoms with Crippen molar-refractivity contribution in [3.05, 3.63) is 35.7 Å². The summed E-state index contributed by atoms with van der Waals surface area (Å²) in [5, 5.41) is 0.996. The standard InChI is InChI=1S/C17H24N4O2S/c1-13(14-5-4-6-15(11-14)23-3)20-7-9-21(10-8-20)17-18-16(12-22-2)19-24-17/h4-6,11,13H,7-10,12H2,1-3H3. The molecule has 130 valence electrons. The number of nitrogens with zero attached hydrogens (tertiary/aromatic N) is 4. The highest BCUT2D eigenvalue weighted by Gasteiger charge is 2.24. The van der Waals surface area contributed by atoms with Gasteiger partial charge in [-0.2, -0.15) is 4.37 Å². The molecule has 1 fully saturated rings. The van der Waals surface area contributed by atoms with Crippen LogP contribution < -0.4 is 9.64 Å². The van der Waals surface area contributed by atoms with Gasteiger partial charge in [0, 0.05) is 50.9 Å². The highest BCUT2D eigenvalue weighted by atomic mass is 32.1. The Labute approximate surface area is 147 Å². The quantitative estimate of drug-likeness (QED) is 0.800. The van der Waals surface area contributed by atoms with E-state index in [9.17, 15) is 0 Å². The highest BCUT2D eigenvalue weighted by Crippen LogP contribution is 2.26. The molecule has 0 N–H and O–H groups in total. The minimum absolute atomic E-state index is 0.376. The van der Waals surface area contributed by atoms with Crippen molar-refractivity contribution < 1.29 is 9.47 Å². The number of benzene rings is 1. The van der Waals surface area contributed by atoms with Crippen molar-refractivity contribution in [2.24, 2.45) is 0 Å². The van der Waals surface area contributed by atoms with Crippen molar-refractivity contribution in [1.29, 1.82) is 0 Å². The summed E-state index contributed by atoms with van der Waals surface area (Å²) in [4.78, 5) is 9.36. The van der Waals surface area contributed by atoms with Crippen molar-refractivity contribution in [2.45, 2.75) is 19.6 Å².